The number of halogens is 1. The van der Waals surface area contributed by atoms with Crippen LogP contribution in [0.25, 0.3) is 0 Å². The summed E-state index contributed by atoms with van der Waals surface area (Å²) in [5.74, 6) is 0.485. The van der Waals surface area contributed by atoms with Gasteiger partial charge in [0.05, 0.1) is 6.04 Å². The van der Waals surface area contributed by atoms with Crippen LogP contribution in [-0.4, -0.2) is 13.7 Å². The fourth-order valence-corrected chi connectivity index (χ4v) is 2.19. The summed E-state index contributed by atoms with van der Waals surface area (Å²) < 4.78 is 19.0. The van der Waals surface area contributed by atoms with Crippen molar-refractivity contribution in [3.63, 3.8) is 0 Å². The van der Waals surface area contributed by atoms with Gasteiger partial charge in [-0.2, -0.15) is 0 Å². The summed E-state index contributed by atoms with van der Waals surface area (Å²) in [6, 6.07) is 13.2. The van der Waals surface area contributed by atoms with Gasteiger partial charge in [0.2, 0.25) is 0 Å². The van der Waals surface area contributed by atoms with Crippen LogP contribution in [0.2, 0.25) is 0 Å². The molecule has 0 aliphatic heterocycles. The smallest absolute Gasteiger partial charge is 0.126 e. The van der Waals surface area contributed by atoms with Crippen molar-refractivity contribution in [2.24, 2.45) is 0 Å². The molecule has 0 amide bonds. The Morgan fingerprint density at radius 2 is 1.85 bits per heavy atom. The first kappa shape index (κ1) is 14.5. The van der Waals surface area contributed by atoms with E-state index in [0.717, 1.165) is 0 Å². The lowest BCUT2D eigenvalue weighted by Gasteiger charge is -2.19. The van der Waals surface area contributed by atoms with Gasteiger partial charge in [0.25, 0.3) is 0 Å². The van der Waals surface area contributed by atoms with Crippen LogP contribution in [0.1, 0.15) is 22.7 Å². The molecule has 0 aliphatic carbocycles. The van der Waals surface area contributed by atoms with Crippen molar-refractivity contribution in [1.82, 2.24) is 5.32 Å². The molecule has 2 rings (SSSR count). The number of likely N-dealkylation sites (N-methyl/N-ethyl adjacent to an activating group) is 1. The van der Waals surface area contributed by atoms with Gasteiger partial charge in [-0.05, 0) is 55.8 Å². The van der Waals surface area contributed by atoms with E-state index in [9.17, 15) is 4.39 Å². The van der Waals surface area contributed by atoms with Crippen LogP contribution < -0.4 is 10.1 Å². The second-order valence-corrected chi connectivity index (χ2v) is 4.92. The average Bonchev–Trinajstić information content (AvgIpc) is 2.45. The number of nitrogens with one attached hydrogen (secondary N) is 1. The summed E-state index contributed by atoms with van der Waals surface area (Å²) in [6.07, 6.45) is 0. The van der Waals surface area contributed by atoms with Gasteiger partial charge in [-0.15, -0.1) is 0 Å². The molecule has 20 heavy (non-hydrogen) atoms. The molecule has 0 fully saturated rings. The Kier molecular flexibility index (Phi) is 4.74. The molecule has 0 radical (unpaired) electrons. The van der Waals surface area contributed by atoms with Gasteiger partial charge in [0, 0.05) is 0 Å². The third-order valence-electron chi connectivity index (χ3n) is 3.46. The Balaban J connectivity index is 2.08. The molecule has 1 unspecified atom stereocenters. The van der Waals surface area contributed by atoms with Crippen molar-refractivity contribution < 1.29 is 9.13 Å². The van der Waals surface area contributed by atoms with Crippen LogP contribution in [0.5, 0.6) is 5.75 Å². The molecule has 1 N–H and O–H groups in total. The van der Waals surface area contributed by atoms with E-state index in [4.69, 9.17) is 4.74 Å². The zero-order valence-corrected chi connectivity index (χ0v) is 12.1. The topological polar surface area (TPSA) is 21.3 Å². The number of hydrogen-bond donors (Lipinski definition) is 1. The summed E-state index contributed by atoms with van der Waals surface area (Å²) in [5, 5.41) is 3.26. The van der Waals surface area contributed by atoms with Gasteiger partial charge >= 0.3 is 0 Å². The number of hydrogen-bond acceptors (Lipinski definition) is 2. The third-order valence-corrected chi connectivity index (χ3v) is 3.46. The van der Waals surface area contributed by atoms with Crippen molar-refractivity contribution in [1.29, 1.82) is 0 Å². The van der Waals surface area contributed by atoms with Crippen LogP contribution in [0.3, 0.4) is 0 Å². The van der Waals surface area contributed by atoms with Crippen molar-refractivity contribution in [3.8, 4) is 5.75 Å². The van der Waals surface area contributed by atoms with Crippen molar-refractivity contribution in [2.45, 2.75) is 19.9 Å². The number of benzene rings is 2. The standard InChI is InChI=1S/C17H20FNO/c1-12-6-4-5-7-15(12)17(19-3)11-20-14-8-9-16(18)13(2)10-14/h4-10,17,19H,11H2,1-3H3. The minimum absolute atomic E-state index is 0.113. The predicted molar refractivity (Wildman–Crippen MR) is 79.6 cm³/mol. The molecule has 0 spiro atoms. The maximum Gasteiger partial charge on any atom is 0.126 e. The lowest BCUT2D eigenvalue weighted by atomic mass is 10.0. The lowest BCUT2D eigenvalue weighted by Crippen LogP contribution is -2.24. The molecule has 106 valence electrons. The molecular weight excluding hydrogens is 253 g/mol. The van der Waals surface area contributed by atoms with Crippen LogP contribution in [0.4, 0.5) is 4.39 Å². The van der Waals surface area contributed by atoms with Gasteiger partial charge in [-0.25, -0.2) is 4.39 Å². The van der Waals surface area contributed by atoms with Gasteiger partial charge in [0.1, 0.15) is 18.2 Å². The van der Waals surface area contributed by atoms with E-state index in [2.05, 4.69) is 24.4 Å². The van der Waals surface area contributed by atoms with Crippen molar-refractivity contribution >= 4 is 0 Å². The Morgan fingerprint density at radius 1 is 1.10 bits per heavy atom. The largest absolute Gasteiger partial charge is 0.492 e. The van der Waals surface area contributed by atoms with Crippen LogP contribution >= 0.6 is 0 Å². The number of rotatable bonds is 5. The van der Waals surface area contributed by atoms with Crippen LogP contribution in [0, 0.1) is 19.7 Å². The normalized spacial score (nSPS) is 12.2. The quantitative estimate of drug-likeness (QED) is 0.895. The summed E-state index contributed by atoms with van der Waals surface area (Å²) >= 11 is 0. The van der Waals surface area contributed by atoms with Gasteiger partial charge in [-0.3, -0.25) is 0 Å². The molecular formula is C17H20FNO. The Labute approximate surface area is 119 Å². The molecule has 3 heteroatoms. The van der Waals surface area contributed by atoms with E-state index in [1.165, 1.54) is 17.2 Å². The molecule has 2 aromatic carbocycles. The van der Waals surface area contributed by atoms with Gasteiger partial charge < -0.3 is 10.1 Å². The van der Waals surface area contributed by atoms with Crippen molar-refractivity contribution in [3.05, 3.63) is 65.0 Å². The highest BCUT2D eigenvalue weighted by molar-refractivity contribution is 5.31. The Morgan fingerprint density at radius 3 is 2.50 bits per heavy atom. The van der Waals surface area contributed by atoms with Gasteiger partial charge in [0.15, 0.2) is 0 Å². The third kappa shape index (κ3) is 3.36. The zero-order chi connectivity index (χ0) is 14.5. The zero-order valence-electron chi connectivity index (χ0n) is 12.1. The van der Waals surface area contributed by atoms with E-state index in [1.807, 2.05) is 19.2 Å². The van der Waals surface area contributed by atoms with E-state index >= 15 is 0 Å². The molecule has 0 bridgehead atoms. The van der Waals surface area contributed by atoms with E-state index in [-0.39, 0.29) is 11.9 Å². The molecule has 2 aromatic rings. The summed E-state index contributed by atoms with van der Waals surface area (Å²) in [7, 11) is 1.91. The summed E-state index contributed by atoms with van der Waals surface area (Å²) in [4.78, 5) is 0. The number of aryl methyl sites for hydroxylation is 2. The fraction of sp³-hybridized carbons (Fsp3) is 0.294. The number of ether oxygens (including phenoxy) is 1. The Hall–Kier alpha value is -1.87. The van der Waals surface area contributed by atoms with E-state index in [1.54, 1.807) is 19.1 Å². The highest BCUT2D eigenvalue weighted by Crippen LogP contribution is 2.20. The maximum atomic E-state index is 13.2. The van der Waals surface area contributed by atoms with Crippen LogP contribution in [-0.2, 0) is 0 Å². The monoisotopic (exact) mass is 273 g/mol. The first-order valence-electron chi connectivity index (χ1n) is 6.73. The van der Waals surface area contributed by atoms with Crippen molar-refractivity contribution in [2.75, 3.05) is 13.7 Å². The molecule has 0 heterocycles. The minimum atomic E-state index is -0.207. The highest BCUT2D eigenvalue weighted by atomic mass is 19.1. The fourth-order valence-electron chi connectivity index (χ4n) is 2.19. The summed E-state index contributed by atoms with van der Waals surface area (Å²) in [6.45, 7) is 4.33. The molecule has 2 nitrogen and oxygen atoms in total. The molecule has 0 saturated heterocycles. The predicted octanol–water partition coefficient (Wildman–Crippen LogP) is 3.78. The molecule has 0 saturated carbocycles. The van der Waals surface area contributed by atoms with Crippen LogP contribution in [0.15, 0.2) is 42.5 Å². The Bertz CT molecular complexity index is 583. The lowest BCUT2D eigenvalue weighted by molar-refractivity contribution is 0.272. The van der Waals surface area contributed by atoms with E-state index in [0.29, 0.717) is 17.9 Å². The second kappa shape index (κ2) is 6.53. The van der Waals surface area contributed by atoms with E-state index < -0.39 is 0 Å². The minimum Gasteiger partial charge on any atom is -0.492 e. The highest BCUT2D eigenvalue weighted by Gasteiger charge is 2.12. The molecule has 0 aliphatic rings. The SMILES string of the molecule is CNC(COc1ccc(F)c(C)c1)c1ccccc1C. The molecule has 0 aromatic heterocycles. The second-order valence-electron chi connectivity index (χ2n) is 4.92. The maximum absolute atomic E-state index is 13.2. The molecule has 1 atom stereocenters. The first-order valence-corrected chi connectivity index (χ1v) is 6.73. The first-order chi connectivity index (χ1) is 9.61. The van der Waals surface area contributed by atoms with Gasteiger partial charge in [-0.1, -0.05) is 24.3 Å². The average molecular weight is 273 g/mol. The summed E-state index contributed by atoms with van der Waals surface area (Å²) in [5.41, 5.74) is 3.04.